The third kappa shape index (κ3) is 4.32. The van der Waals surface area contributed by atoms with Crippen LogP contribution in [0, 0.1) is 0 Å². The summed E-state index contributed by atoms with van der Waals surface area (Å²) in [7, 11) is 0. The molecular formula is C15H20BrNO2. The van der Waals surface area contributed by atoms with Gasteiger partial charge in [-0.1, -0.05) is 22.0 Å². The molecule has 1 heterocycles. The minimum Gasteiger partial charge on any atom is -0.459 e. The van der Waals surface area contributed by atoms with E-state index in [9.17, 15) is 4.79 Å². The molecule has 0 N–H and O–H groups in total. The molecule has 0 saturated heterocycles. The first-order chi connectivity index (χ1) is 8.83. The molecule has 0 atom stereocenters. The monoisotopic (exact) mass is 325 g/mol. The molecule has 0 saturated carbocycles. The molecule has 1 aliphatic heterocycles. The molecule has 0 bridgehead atoms. The smallest absolute Gasteiger partial charge is 0.320 e. The van der Waals surface area contributed by atoms with Crippen molar-refractivity contribution in [3.8, 4) is 0 Å². The lowest BCUT2D eigenvalue weighted by Gasteiger charge is -2.29. The Morgan fingerprint density at radius 3 is 2.79 bits per heavy atom. The van der Waals surface area contributed by atoms with Crippen LogP contribution in [-0.4, -0.2) is 29.6 Å². The van der Waals surface area contributed by atoms with Gasteiger partial charge < -0.3 is 4.74 Å². The van der Waals surface area contributed by atoms with E-state index >= 15 is 0 Å². The fourth-order valence-electron chi connectivity index (χ4n) is 2.27. The molecule has 0 spiro atoms. The average molecular weight is 326 g/mol. The van der Waals surface area contributed by atoms with Crippen LogP contribution in [0.3, 0.4) is 0 Å². The lowest BCUT2D eigenvalue weighted by atomic mass is 10.00. The average Bonchev–Trinajstić information content (AvgIpc) is 2.26. The molecule has 0 fully saturated rings. The predicted octanol–water partition coefficient (Wildman–Crippen LogP) is 3.15. The number of rotatable bonds is 2. The first-order valence-corrected chi connectivity index (χ1v) is 7.34. The highest BCUT2D eigenvalue weighted by Crippen LogP contribution is 2.22. The van der Waals surface area contributed by atoms with Crippen LogP contribution in [0.15, 0.2) is 22.7 Å². The first kappa shape index (κ1) is 14.5. The van der Waals surface area contributed by atoms with E-state index in [1.807, 2.05) is 20.8 Å². The van der Waals surface area contributed by atoms with Crippen LogP contribution in [-0.2, 0) is 22.5 Å². The minimum atomic E-state index is -0.407. The predicted molar refractivity (Wildman–Crippen MR) is 79.0 cm³/mol. The number of hydrogen-bond donors (Lipinski definition) is 0. The molecule has 1 aromatic carbocycles. The van der Waals surface area contributed by atoms with E-state index in [-0.39, 0.29) is 5.97 Å². The third-order valence-electron chi connectivity index (χ3n) is 3.03. The number of fused-ring (bicyclic) bond motifs is 1. The summed E-state index contributed by atoms with van der Waals surface area (Å²) < 4.78 is 6.48. The van der Waals surface area contributed by atoms with Crippen molar-refractivity contribution < 1.29 is 9.53 Å². The van der Waals surface area contributed by atoms with Crippen LogP contribution in [0.2, 0.25) is 0 Å². The van der Waals surface area contributed by atoms with Gasteiger partial charge in [0.1, 0.15) is 5.60 Å². The van der Waals surface area contributed by atoms with Gasteiger partial charge in [0.05, 0.1) is 6.54 Å². The van der Waals surface area contributed by atoms with Gasteiger partial charge in [-0.05, 0) is 50.5 Å². The highest BCUT2D eigenvalue weighted by Gasteiger charge is 2.22. The zero-order chi connectivity index (χ0) is 14.0. The minimum absolute atomic E-state index is 0.145. The van der Waals surface area contributed by atoms with Gasteiger partial charge in [0, 0.05) is 17.6 Å². The van der Waals surface area contributed by atoms with Crippen molar-refractivity contribution in [2.45, 2.75) is 39.3 Å². The molecule has 0 aromatic heterocycles. The normalized spacial score (nSPS) is 16.0. The quantitative estimate of drug-likeness (QED) is 0.782. The van der Waals surface area contributed by atoms with Crippen molar-refractivity contribution in [1.29, 1.82) is 0 Å². The highest BCUT2D eigenvalue weighted by molar-refractivity contribution is 9.10. The number of esters is 1. The van der Waals surface area contributed by atoms with Gasteiger partial charge in [-0.3, -0.25) is 9.69 Å². The van der Waals surface area contributed by atoms with Gasteiger partial charge in [0.15, 0.2) is 0 Å². The second-order valence-electron chi connectivity index (χ2n) is 5.96. The van der Waals surface area contributed by atoms with Crippen LogP contribution in [0.1, 0.15) is 31.9 Å². The van der Waals surface area contributed by atoms with E-state index < -0.39 is 5.60 Å². The van der Waals surface area contributed by atoms with E-state index in [4.69, 9.17) is 4.74 Å². The van der Waals surface area contributed by atoms with E-state index in [1.54, 1.807) is 0 Å². The molecule has 0 aliphatic carbocycles. The Kier molecular flexibility index (Phi) is 4.31. The topological polar surface area (TPSA) is 29.5 Å². The standard InChI is InChI=1S/C15H20BrNO2/c1-15(2,3)19-14(18)10-17-7-6-11-8-13(16)5-4-12(11)9-17/h4-5,8H,6-7,9-10H2,1-3H3. The summed E-state index contributed by atoms with van der Waals surface area (Å²) in [6, 6.07) is 6.34. The van der Waals surface area contributed by atoms with Crippen molar-refractivity contribution in [2.75, 3.05) is 13.1 Å². The van der Waals surface area contributed by atoms with Crippen molar-refractivity contribution in [2.24, 2.45) is 0 Å². The molecule has 0 radical (unpaired) electrons. The van der Waals surface area contributed by atoms with Crippen LogP contribution >= 0.6 is 15.9 Å². The van der Waals surface area contributed by atoms with E-state index in [1.165, 1.54) is 11.1 Å². The van der Waals surface area contributed by atoms with E-state index in [0.717, 1.165) is 24.0 Å². The van der Waals surface area contributed by atoms with Gasteiger partial charge in [-0.2, -0.15) is 0 Å². The molecule has 0 unspecified atom stereocenters. The molecule has 2 rings (SSSR count). The molecule has 0 amide bonds. The molecule has 1 aromatic rings. The molecule has 3 nitrogen and oxygen atoms in total. The fraction of sp³-hybridized carbons (Fsp3) is 0.533. The van der Waals surface area contributed by atoms with Gasteiger partial charge >= 0.3 is 5.97 Å². The zero-order valence-corrected chi connectivity index (χ0v) is 13.3. The molecule has 104 valence electrons. The maximum atomic E-state index is 11.8. The van der Waals surface area contributed by atoms with Crippen LogP contribution in [0.25, 0.3) is 0 Å². The number of benzene rings is 1. The Bertz CT molecular complexity index is 480. The van der Waals surface area contributed by atoms with Crippen LogP contribution in [0.5, 0.6) is 0 Å². The summed E-state index contributed by atoms with van der Waals surface area (Å²) in [5, 5.41) is 0. The van der Waals surface area contributed by atoms with E-state index in [2.05, 4.69) is 39.0 Å². The van der Waals surface area contributed by atoms with Crippen molar-refractivity contribution in [3.63, 3.8) is 0 Å². The summed E-state index contributed by atoms with van der Waals surface area (Å²) >= 11 is 3.49. The maximum absolute atomic E-state index is 11.8. The lowest BCUT2D eigenvalue weighted by molar-refractivity contribution is -0.156. The number of nitrogens with zero attached hydrogens (tertiary/aromatic N) is 1. The summed E-state index contributed by atoms with van der Waals surface area (Å²) in [5.41, 5.74) is 2.27. The Hall–Kier alpha value is -0.870. The van der Waals surface area contributed by atoms with Gasteiger partial charge in [-0.15, -0.1) is 0 Å². The van der Waals surface area contributed by atoms with Crippen molar-refractivity contribution >= 4 is 21.9 Å². The Morgan fingerprint density at radius 1 is 1.37 bits per heavy atom. The molecule has 19 heavy (non-hydrogen) atoms. The van der Waals surface area contributed by atoms with Gasteiger partial charge in [-0.25, -0.2) is 0 Å². The number of ether oxygens (including phenoxy) is 1. The summed E-state index contributed by atoms with van der Waals surface area (Å²) in [6.07, 6.45) is 0.984. The van der Waals surface area contributed by atoms with Crippen LogP contribution < -0.4 is 0 Å². The summed E-state index contributed by atoms with van der Waals surface area (Å²) in [4.78, 5) is 14.0. The lowest BCUT2D eigenvalue weighted by Crippen LogP contribution is -2.37. The molecule has 4 heteroatoms. The van der Waals surface area contributed by atoms with Crippen molar-refractivity contribution in [3.05, 3.63) is 33.8 Å². The third-order valence-corrected chi connectivity index (χ3v) is 3.53. The second kappa shape index (κ2) is 5.63. The molecular weight excluding hydrogens is 306 g/mol. The Balaban J connectivity index is 1.95. The van der Waals surface area contributed by atoms with Crippen LogP contribution in [0.4, 0.5) is 0 Å². The number of carbonyl (C=O) groups is 1. The van der Waals surface area contributed by atoms with E-state index in [0.29, 0.717) is 6.54 Å². The Morgan fingerprint density at radius 2 is 2.11 bits per heavy atom. The maximum Gasteiger partial charge on any atom is 0.320 e. The number of halogens is 1. The number of hydrogen-bond acceptors (Lipinski definition) is 3. The van der Waals surface area contributed by atoms with Gasteiger partial charge in [0.2, 0.25) is 0 Å². The van der Waals surface area contributed by atoms with Gasteiger partial charge in [0.25, 0.3) is 0 Å². The zero-order valence-electron chi connectivity index (χ0n) is 11.7. The molecule has 1 aliphatic rings. The summed E-state index contributed by atoms with van der Waals surface area (Å²) in [5.74, 6) is -0.145. The SMILES string of the molecule is CC(C)(C)OC(=O)CN1CCc2cc(Br)ccc2C1. The second-order valence-corrected chi connectivity index (χ2v) is 6.88. The first-order valence-electron chi connectivity index (χ1n) is 6.55. The fourth-order valence-corrected chi connectivity index (χ4v) is 2.68. The highest BCUT2D eigenvalue weighted by atomic mass is 79.9. The largest absolute Gasteiger partial charge is 0.459 e. The Labute approximate surface area is 123 Å². The van der Waals surface area contributed by atoms with Crippen molar-refractivity contribution in [1.82, 2.24) is 4.90 Å². The summed E-state index contributed by atoms with van der Waals surface area (Å²) in [6.45, 7) is 7.78. The number of carbonyl (C=O) groups excluding carboxylic acids is 1.